The van der Waals surface area contributed by atoms with Gasteiger partial charge in [0.25, 0.3) is 5.69 Å². The molecule has 4 nitrogen and oxygen atoms in total. The lowest BCUT2D eigenvalue weighted by Gasteiger charge is -2.18. The summed E-state index contributed by atoms with van der Waals surface area (Å²) in [6.07, 6.45) is 0. The molecule has 0 aliphatic heterocycles. The number of benzene rings is 2. The zero-order valence-electron chi connectivity index (χ0n) is 12.2. The molecule has 0 amide bonds. The lowest BCUT2D eigenvalue weighted by molar-refractivity contribution is -0.385. The molecule has 5 heteroatoms. The van der Waals surface area contributed by atoms with E-state index in [4.69, 9.17) is 11.6 Å². The normalized spacial score (nSPS) is 12.0. The van der Waals surface area contributed by atoms with Crippen LogP contribution < -0.4 is 5.32 Å². The molecule has 0 fully saturated rings. The lowest BCUT2D eigenvalue weighted by Crippen LogP contribution is -2.08. The molecule has 1 N–H and O–H groups in total. The quantitative estimate of drug-likeness (QED) is 0.636. The van der Waals surface area contributed by atoms with Crippen molar-refractivity contribution in [3.63, 3.8) is 0 Å². The summed E-state index contributed by atoms with van der Waals surface area (Å²) in [6, 6.07) is 11.1. The molecule has 0 aliphatic rings. The number of nitro groups is 1. The summed E-state index contributed by atoms with van der Waals surface area (Å²) in [6.45, 7) is 5.65. The topological polar surface area (TPSA) is 55.2 Å². The molecular weight excluding hydrogens is 288 g/mol. The predicted octanol–water partition coefficient (Wildman–Crippen LogP) is 5.04. The fourth-order valence-corrected chi connectivity index (χ4v) is 2.35. The molecule has 0 saturated heterocycles. The van der Waals surface area contributed by atoms with Crippen LogP contribution in [0.4, 0.5) is 11.4 Å². The van der Waals surface area contributed by atoms with Crippen LogP contribution in [0.25, 0.3) is 0 Å². The minimum absolute atomic E-state index is 0.0850. The Morgan fingerprint density at radius 1 is 1.14 bits per heavy atom. The molecule has 0 aliphatic carbocycles. The van der Waals surface area contributed by atoms with E-state index in [0.29, 0.717) is 10.6 Å². The second-order valence-corrected chi connectivity index (χ2v) is 5.56. The number of nitrogens with zero attached hydrogens (tertiary/aromatic N) is 1. The highest BCUT2D eigenvalue weighted by Crippen LogP contribution is 2.29. The Kier molecular flexibility index (Phi) is 4.48. The lowest BCUT2D eigenvalue weighted by atomic mass is 10.1. The van der Waals surface area contributed by atoms with Gasteiger partial charge in [-0.2, -0.15) is 0 Å². The van der Waals surface area contributed by atoms with Crippen molar-refractivity contribution in [3.8, 4) is 0 Å². The van der Waals surface area contributed by atoms with Crippen molar-refractivity contribution in [3.05, 3.63) is 68.2 Å². The third kappa shape index (κ3) is 3.52. The number of nitro benzene ring substituents is 1. The Hall–Kier alpha value is -2.07. The number of nitrogens with one attached hydrogen (secondary N) is 1. The molecule has 2 aromatic rings. The Morgan fingerprint density at radius 3 is 2.33 bits per heavy atom. The first-order chi connectivity index (χ1) is 9.88. The fraction of sp³-hybridized carbons (Fsp3) is 0.250. The van der Waals surface area contributed by atoms with Crippen LogP contribution in [0.15, 0.2) is 36.4 Å². The summed E-state index contributed by atoms with van der Waals surface area (Å²) < 4.78 is 0. The van der Waals surface area contributed by atoms with Crippen LogP contribution >= 0.6 is 11.6 Å². The predicted molar refractivity (Wildman–Crippen MR) is 86.1 cm³/mol. The van der Waals surface area contributed by atoms with Crippen LogP contribution in [-0.4, -0.2) is 4.92 Å². The van der Waals surface area contributed by atoms with Crippen molar-refractivity contribution in [1.29, 1.82) is 0 Å². The average Bonchev–Trinajstić information content (AvgIpc) is 2.42. The SMILES string of the molecule is Cc1cc([N+](=O)[O-])c(C)cc1NC(C)c1ccc(Cl)cc1. The van der Waals surface area contributed by atoms with Gasteiger partial charge >= 0.3 is 0 Å². The van der Waals surface area contributed by atoms with Gasteiger partial charge in [-0.3, -0.25) is 10.1 Å². The van der Waals surface area contributed by atoms with Crippen LogP contribution in [0, 0.1) is 24.0 Å². The maximum atomic E-state index is 10.9. The van der Waals surface area contributed by atoms with Gasteiger partial charge in [-0.25, -0.2) is 0 Å². The second-order valence-electron chi connectivity index (χ2n) is 5.13. The first kappa shape index (κ1) is 15.3. The molecular formula is C16H17ClN2O2. The van der Waals surface area contributed by atoms with E-state index in [2.05, 4.69) is 5.32 Å². The van der Waals surface area contributed by atoms with Gasteiger partial charge in [0.2, 0.25) is 0 Å². The third-order valence-corrected chi connectivity index (χ3v) is 3.73. The summed E-state index contributed by atoms with van der Waals surface area (Å²) >= 11 is 5.89. The van der Waals surface area contributed by atoms with Crippen LogP contribution in [0.2, 0.25) is 5.02 Å². The maximum Gasteiger partial charge on any atom is 0.272 e. The van der Waals surface area contributed by atoms with Crippen molar-refractivity contribution in [1.82, 2.24) is 0 Å². The Morgan fingerprint density at radius 2 is 1.76 bits per heavy atom. The monoisotopic (exact) mass is 304 g/mol. The van der Waals surface area contributed by atoms with E-state index in [1.165, 1.54) is 0 Å². The van der Waals surface area contributed by atoms with Gasteiger partial charge in [-0.05, 0) is 50.1 Å². The van der Waals surface area contributed by atoms with E-state index < -0.39 is 0 Å². The van der Waals surface area contributed by atoms with Gasteiger partial charge in [0.15, 0.2) is 0 Å². The van der Waals surface area contributed by atoms with E-state index in [1.54, 1.807) is 13.0 Å². The van der Waals surface area contributed by atoms with Gasteiger partial charge in [-0.1, -0.05) is 23.7 Å². The minimum atomic E-state index is -0.352. The largest absolute Gasteiger partial charge is 0.378 e. The van der Waals surface area contributed by atoms with Crippen LogP contribution in [-0.2, 0) is 0 Å². The van der Waals surface area contributed by atoms with Crippen molar-refractivity contribution in [2.75, 3.05) is 5.32 Å². The summed E-state index contributed by atoms with van der Waals surface area (Å²) in [4.78, 5) is 10.6. The molecule has 2 aromatic carbocycles. The molecule has 0 spiro atoms. The molecule has 1 unspecified atom stereocenters. The number of aryl methyl sites for hydroxylation is 2. The zero-order chi connectivity index (χ0) is 15.6. The molecule has 0 saturated carbocycles. The highest BCUT2D eigenvalue weighted by Gasteiger charge is 2.14. The number of anilines is 1. The summed E-state index contributed by atoms with van der Waals surface area (Å²) in [5, 5.41) is 15.0. The third-order valence-electron chi connectivity index (χ3n) is 3.48. The molecule has 1 atom stereocenters. The summed E-state index contributed by atoms with van der Waals surface area (Å²) in [7, 11) is 0. The smallest absolute Gasteiger partial charge is 0.272 e. The Bertz CT molecular complexity index is 669. The highest BCUT2D eigenvalue weighted by atomic mass is 35.5. The second kappa shape index (κ2) is 6.14. The van der Waals surface area contributed by atoms with E-state index in [-0.39, 0.29) is 16.7 Å². The average molecular weight is 305 g/mol. The Balaban J connectivity index is 2.25. The number of hydrogen-bond donors (Lipinski definition) is 1. The van der Waals surface area contributed by atoms with Crippen molar-refractivity contribution >= 4 is 23.0 Å². The van der Waals surface area contributed by atoms with E-state index >= 15 is 0 Å². The first-order valence-electron chi connectivity index (χ1n) is 6.66. The van der Waals surface area contributed by atoms with Crippen molar-refractivity contribution in [2.45, 2.75) is 26.8 Å². The van der Waals surface area contributed by atoms with E-state index in [9.17, 15) is 10.1 Å². The fourth-order valence-electron chi connectivity index (χ4n) is 2.22. The summed E-state index contributed by atoms with van der Waals surface area (Å²) in [5.41, 5.74) is 3.66. The van der Waals surface area contributed by atoms with Gasteiger partial charge in [0, 0.05) is 28.4 Å². The van der Waals surface area contributed by atoms with Crippen LogP contribution in [0.3, 0.4) is 0 Å². The zero-order valence-corrected chi connectivity index (χ0v) is 12.9. The van der Waals surface area contributed by atoms with Crippen molar-refractivity contribution < 1.29 is 4.92 Å². The highest BCUT2D eigenvalue weighted by molar-refractivity contribution is 6.30. The number of halogens is 1. The maximum absolute atomic E-state index is 10.9. The molecule has 21 heavy (non-hydrogen) atoms. The van der Waals surface area contributed by atoms with Gasteiger partial charge < -0.3 is 5.32 Å². The van der Waals surface area contributed by atoms with Crippen LogP contribution in [0.1, 0.15) is 29.7 Å². The van der Waals surface area contributed by atoms with Gasteiger partial charge in [0.05, 0.1) is 4.92 Å². The summed E-state index contributed by atoms with van der Waals surface area (Å²) in [5.74, 6) is 0. The van der Waals surface area contributed by atoms with Gasteiger partial charge in [0.1, 0.15) is 0 Å². The molecule has 110 valence electrons. The standard InChI is InChI=1S/C16H17ClN2O2/c1-10-9-16(19(20)21)11(2)8-15(10)18-12(3)13-4-6-14(17)7-5-13/h4-9,12,18H,1-3H3. The van der Waals surface area contributed by atoms with E-state index in [1.807, 2.05) is 44.2 Å². The molecule has 2 rings (SSSR count). The van der Waals surface area contributed by atoms with E-state index in [0.717, 1.165) is 16.8 Å². The molecule has 0 aromatic heterocycles. The van der Waals surface area contributed by atoms with Crippen molar-refractivity contribution in [2.24, 2.45) is 0 Å². The minimum Gasteiger partial charge on any atom is -0.378 e. The van der Waals surface area contributed by atoms with Crippen LogP contribution in [0.5, 0.6) is 0 Å². The Labute approximate surface area is 128 Å². The molecule has 0 heterocycles. The number of rotatable bonds is 4. The number of hydrogen-bond acceptors (Lipinski definition) is 3. The first-order valence-corrected chi connectivity index (χ1v) is 7.04. The molecule has 0 bridgehead atoms. The van der Waals surface area contributed by atoms with Gasteiger partial charge in [-0.15, -0.1) is 0 Å². The molecule has 0 radical (unpaired) electrons.